The minimum absolute atomic E-state index is 0.195. The number of rotatable bonds is 6. The zero-order chi connectivity index (χ0) is 17.0. The van der Waals surface area contributed by atoms with Crippen LogP contribution in [0.15, 0.2) is 30.3 Å². The smallest absolute Gasteiger partial charge is 0.164 e. The SMILES string of the molecule is COc1cc(Cl)cc(CC(CN)c2ccc(F)cc2F)c1OC. The summed E-state index contributed by atoms with van der Waals surface area (Å²) in [4.78, 5) is 0. The van der Waals surface area contributed by atoms with Crippen molar-refractivity contribution in [2.24, 2.45) is 5.73 Å². The second-order valence-electron chi connectivity index (χ2n) is 5.10. The predicted octanol–water partition coefficient (Wildman–Crippen LogP) is 3.92. The number of methoxy groups -OCH3 is 2. The van der Waals surface area contributed by atoms with Gasteiger partial charge in [-0.1, -0.05) is 17.7 Å². The van der Waals surface area contributed by atoms with Gasteiger partial charge < -0.3 is 15.2 Å². The van der Waals surface area contributed by atoms with Crippen LogP contribution >= 0.6 is 11.6 Å². The summed E-state index contributed by atoms with van der Waals surface area (Å²) in [6.07, 6.45) is 0.388. The van der Waals surface area contributed by atoms with E-state index in [4.69, 9.17) is 26.8 Å². The average Bonchev–Trinajstić information content (AvgIpc) is 2.52. The highest BCUT2D eigenvalue weighted by Crippen LogP contribution is 2.37. The molecule has 6 heteroatoms. The maximum atomic E-state index is 14.0. The fraction of sp³-hybridized carbons (Fsp3) is 0.294. The molecule has 2 aromatic rings. The molecule has 0 heterocycles. The molecule has 2 aromatic carbocycles. The molecule has 0 bridgehead atoms. The maximum absolute atomic E-state index is 14.0. The summed E-state index contributed by atoms with van der Waals surface area (Å²) in [5.74, 6) is -0.562. The highest BCUT2D eigenvalue weighted by Gasteiger charge is 2.20. The van der Waals surface area contributed by atoms with E-state index in [2.05, 4.69) is 0 Å². The van der Waals surface area contributed by atoms with Crippen molar-refractivity contribution >= 4 is 11.6 Å². The van der Waals surface area contributed by atoms with Crippen molar-refractivity contribution in [3.63, 3.8) is 0 Å². The third-order valence-corrected chi connectivity index (χ3v) is 3.89. The first-order chi connectivity index (χ1) is 11.0. The Labute approximate surface area is 139 Å². The molecule has 3 nitrogen and oxygen atoms in total. The molecule has 2 N–H and O–H groups in total. The molecule has 0 saturated heterocycles. The van der Waals surface area contributed by atoms with Crippen LogP contribution in [0.4, 0.5) is 8.78 Å². The highest BCUT2D eigenvalue weighted by atomic mass is 35.5. The molecule has 0 aromatic heterocycles. The fourth-order valence-corrected chi connectivity index (χ4v) is 2.81. The van der Waals surface area contributed by atoms with Gasteiger partial charge in [-0.3, -0.25) is 0 Å². The Kier molecular flexibility index (Phi) is 5.80. The minimum Gasteiger partial charge on any atom is -0.493 e. The van der Waals surface area contributed by atoms with Crippen molar-refractivity contribution < 1.29 is 18.3 Å². The molecule has 0 aliphatic carbocycles. The standard InChI is InChI=1S/C17H18ClF2NO2/c1-22-16-7-12(18)6-10(17(16)23-2)5-11(9-21)14-4-3-13(19)8-15(14)20/h3-4,6-8,11H,5,9,21H2,1-2H3. The highest BCUT2D eigenvalue weighted by molar-refractivity contribution is 6.30. The van der Waals surface area contributed by atoms with Gasteiger partial charge in [0.25, 0.3) is 0 Å². The summed E-state index contributed by atoms with van der Waals surface area (Å²) in [5, 5.41) is 0.480. The quantitative estimate of drug-likeness (QED) is 0.866. The van der Waals surface area contributed by atoms with E-state index >= 15 is 0 Å². The van der Waals surface area contributed by atoms with Gasteiger partial charge in [0.05, 0.1) is 14.2 Å². The van der Waals surface area contributed by atoms with E-state index in [1.807, 2.05) is 0 Å². The van der Waals surface area contributed by atoms with Crippen molar-refractivity contribution in [1.82, 2.24) is 0 Å². The van der Waals surface area contributed by atoms with Crippen LogP contribution in [0.3, 0.4) is 0 Å². The van der Waals surface area contributed by atoms with Crippen molar-refractivity contribution in [1.29, 1.82) is 0 Å². The molecule has 1 unspecified atom stereocenters. The fourth-order valence-electron chi connectivity index (χ4n) is 2.58. The lowest BCUT2D eigenvalue weighted by Gasteiger charge is -2.19. The molecule has 2 rings (SSSR count). The summed E-state index contributed by atoms with van der Waals surface area (Å²) < 4.78 is 37.7. The number of halogens is 3. The number of ether oxygens (including phenoxy) is 2. The molecule has 0 amide bonds. The van der Waals surface area contributed by atoms with E-state index in [1.165, 1.54) is 26.4 Å². The van der Waals surface area contributed by atoms with Crippen LogP contribution < -0.4 is 15.2 Å². The van der Waals surface area contributed by atoms with Crippen LogP contribution in [0.25, 0.3) is 0 Å². The third-order valence-electron chi connectivity index (χ3n) is 3.67. The van der Waals surface area contributed by atoms with E-state index in [9.17, 15) is 8.78 Å². The summed E-state index contributed by atoms with van der Waals surface area (Å²) >= 11 is 6.09. The second kappa shape index (κ2) is 7.62. The maximum Gasteiger partial charge on any atom is 0.164 e. The normalized spacial score (nSPS) is 12.1. The minimum atomic E-state index is -0.621. The lowest BCUT2D eigenvalue weighted by molar-refractivity contribution is 0.351. The van der Waals surface area contributed by atoms with Gasteiger partial charge in [-0.15, -0.1) is 0 Å². The zero-order valence-corrected chi connectivity index (χ0v) is 13.7. The van der Waals surface area contributed by atoms with E-state index in [0.717, 1.165) is 11.6 Å². The Morgan fingerprint density at radius 1 is 1.13 bits per heavy atom. The summed E-state index contributed by atoms with van der Waals surface area (Å²) in [6, 6.07) is 6.86. The Morgan fingerprint density at radius 2 is 1.87 bits per heavy atom. The molecular formula is C17H18ClF2NO2. The van der Waals surface area contributed by atoms with Gasteiger partial charge in [-0.05, 0) is 30.7 Å². The van der Waals surface area contributed by atoms with Crippen LogP contribution in [0.5, 0.6) is 11.5 Å². The molecular weight excluding hydrogens is 324 g/mol. The summed E-state index contributed by atoms with van der Waals surface area (Å²) in [5.41, 5.74) is 6.90. The lowest BCUT2D eigenvalue weighted by Crippen LogP contribution is -2.17. The molecule has 0 spiro atoms. The number of nitrogens with two attached hydrogens (primary N) is 1. The molecule has 0 aliphatic heterocycles. The molecule has 1 atom stereocenters. The first kappa shape index (κ1) is 17.5. The Morgan fingerprint density at radius 3 is 2.43 bits per heavy atom. The van der Waals surface area contributed by atoms with Gasteiger partial charge in [0.1, 0.15) is 11.6 Å². The van der Waals surface area contributed by atoms with Crippen LogP contribution in [-0.4, -0.2) is 20.8 Å². The Balaban J connectivity index is 2.41. The molecule has 23 heavy (non-hydrogen) atoms. The topological polar surface area (TPSA) is 44.5 Å². The third kappa shape index (κ3) is 3.92. The molecule has 124 valence electrons. The number of hydrogen-bond acceptors (Lipinski definition) is 3. The van der Waals surface area contributed by atoms with Gasteiger partial charge >= 0.3 is 0 Å². The second-order valence-corrected chi connectivity index (χ2v) is 5.54. The van der Waals surface area contributed by atoms with Gasteiger partial charge in [-0.2, -0.15) is 0 Å². The number of hydrogen-bond donors (Lipinski definition) is 1. The van der Waals surface area contributed by atoms with Crippen LogP contribution in [0, 0.1) is 11.6 Å². The zero-order valence-electron chi connectivity index (χ0n) is 12.9. The van der Waals surface area contributed by atoms with E-state index in [-0.39, 0.29) is 12.5 Å². The van der Waals surface area contributed by atoms with Crippen molar-refractivity contribution in [2.45, 2.75) is 12.3 Å². The first-order valence-electron chi connectivity index (χ1n) is 7.05. The Bertz CT molecular complexity index is 695. The van der Waals surface area contributed by atoms with E-state index in [1.54, 1.807) is 12.1 Å². The molecule has 0 radical (unpaired) electrons. The molecule has 0 saturated carbocycles. The van der Waals surface area contributed by atoms with Gasteiger partial charge in [-0.25, -0.2) is 8.78 Å². The summed E-state index contributed by atoms with van der Waals surface area (Å²) in [6.45, 7) is 0.195. The van der Waals surface area contributed by atoms with Crippen molar-refractivity contribution in [3.05, 3.63) is 58.1 Å². The van der Waals surface area contributed by atoms with Crippen LogP contribution in [0.1, 0.15) is 17.0 Å². The van der Waals surface area contributed by atoms with E-state index < -0.39 is 11.6 Å². The molecule has 0 fully saturated rings. The summed E-state index contributed by atoms with van der Waals surface area (Å²) in [7, 11) is 3.03. The van der Waals surface area contributed by atoms with Crippen molar-refractivity contribution in [3.8, 4) is 11.5 Å². The van der Waals surface area contributed by atoms with Crippen molar-refractivity contribution in [2.75, 3.05) is 20.8 Å². The van der Waals surface area contributed by atoms with Gasteiger partial charge in [0, 0.05) is 28.6 Å². The van der Waals surface area contributed by atoms with Gasteiger partial charge in [0.2, 0.25) is 0 Å². The van der Waals surface area contributed by atoms with Gasteiger partial charge in [0.15, 0.2) is 11.5 Å². The van der Waals surface area contributed by atoms with Crippen LogP contribution in [0.2, 0.25) is 5.02 Å². The van der Waals surface area contributed by atoms with E-state index in [0.29, 0.717) is 28.5 Å². The monoisotopic (exact) mass is 341 g/mol. The Hall–Kier alpha value is -1.85. The average molecular weight is 342 g/mol. The predicted molar refractivity (Wildman–Crippen MR) is 86.4 cm³/mol. The number of benzene rings is 2. The first-order valence-corrected chi connectivity index (χ1v) is 7.43. The lowest BCUT2D eigenvalue weighted by atomic mass is 9.91. The molecule has 0 aliphatic rings. The largest absolute Gasteiger partial charge is 0.493 e. The van der Waals surface area contributed by atoms with Crippen LogP contribution in [-0.2, 0) is 6.42 Å².